The number of carbonyl (C=O) groups is 1. The van der Waals surface area contributed by atoms with Gasteiger partial charge in [-0.25, -0.2) is 0 Å². The molecule has 30 heavy (non-hydrogen) atoms. The van der Waals surface area contributed by atoms with E-state index in [-0.39, 0.29) is 5.78 Å². The van der Waals surface area contributed by atoms with Crippen LogP contribution in [0.3, 0.4) is 0 Å². The van der Waals surface area contributed by atoms with Crippen LogP contribution >= 0.6 is 11.6 Å². The molecule has 3 aromatic rings. The summed E-state index contributed by atoms with van der Waals surface area (Å²) in [5.74, 6) is 1.66. The van der Waals surface area contributed by atoms with Gasteiger partial charge in [0.1, 0.15) is 11.4 Å². The van der Waals surface area contributed by atoms with Gasteiger partial charge in [0.05, 0.1) is 17.7 Å². The highest BCUT2D eigenvalue weighted by Crippen LogP contribution is 2.42. The van der Waals surface area contributed by atoms with Gasteiger partial charge in [0.2, 0.25) is 0 Å². The Hall–Kier alpha value is -2.92. The molecule has 5 nitrogen and oxygen atoms in total. The molecule has 0 aliphatic carbocycles. The van der Waals surface area contributed by atoms with Crippen molar-refractivity contribution in [1.82, 2.24) is 10.2 Å². The molecule has 0 unspecified atom stereocenters. The summed E-state index contributed by atoms with van der Waals surface area (Å²) < 4.78 is 6.44. The lowest BCUT2D eigenvalue weighted by Crippen LogP contribution is -2.51. The van der Waals surface area contributed by atoms with E-state index in [1.165, 1.54) is 0 Å². The van der Waals surface area contributed by atoms with Gasteiger partial charge in [0, 0.05) is 36.5 Å². The first-order valence-electron chi connectivity index (χ1n) is 10.2. The van der Waals surface area contributed by atoms with Crippen molar-refractivity contribution in [3.63, 3.8) is 0 Å². The first-order valence-corrected chi connectivity index (χ1v) is 10.6. The lowest BCUT2D eigenvalue weighted by atomic mass is 9.82. The van der Waals surface area contributed by atoms with Crippen molar-refractivity contribution in [2.24, 2.45) is 0 Å². The van der Waals surface area contributed by atoms with E-state index in [1.54, 1.807) is 6.07 Å². The minimum Gasteiger partial charge on any atom is -0.486 e. The van der Waals surface area contributed by atoms with Crippen LogP contribution in [0.15, 0.2) is 54.6 Å². The number of hydrogen-bond acceptors (Lipinski definition) is 5. The van der Waals surface area contributed by atoms with Crippen molar-refractivity contribution in [2.75, 3.05) is 18.0 Å². The van der Waals surface area contributed by atoms with Gasteiger partial charge in [0.15, 0.2) is 11.6 Å². The molecule has 1 spiro atoms. The number of carbonyl (C=O) groups excluding carboxylic acids is 1. The molecule has 2 aliphatic rings. The number of anilines is 1. The maximum absolute atomic E-state index is 12.8. The molecule has 1 fully saturated rings. The van der Waals surface area contributed by atoms with Gasteiger partial charge >= 0.3 is 0 Å². The number of aromatic nitrogens is 2. The maximum atomic E-state index is 12.8. The smallest absolute Gasteiger partial charge is 0.170 e. The van der Waals surface area contributed by atoms with Crippen LogP contribution in [-0.2, 0) is 0 Å². The predicted molar refractivity (Wildman–Crippen MR) is 117 cm³/mol. The Morgan fingerprint density at radius 3 is 2.50 bits per heavy atom. The van der Waals surface area contributed by atoms with Crippen molar-refractivity contribution in [3.8, 4) is 17.0 Å². The Labute approximate surface area is 180 Å². The van der Waals surface area contributed by atoms with Crippen LogP contribution in [0.2, 0.25) is 5.02 Å². The fourth-order valence-corrected chi connectivity index (χ4v) is 4.66. The second-order valence-electron chi connectivity index (χ2n) is 8.11. The molecule has 3 heterocycles. The minimum absolute atomic E-state index is 0.113. The zero-order chi connectivity index (χ0) is 20.7. The number of ketones is 1. The van der Waals surface area contributed by atoms with E-state index in [9.17, 15) is 4.79 Å². The van der Waals surface area contributed by atoms with E-state index in [0.29, 0.717) is 22.8 Å². The highest BCUT2D eigenvalue weighted by Gasteiger charge is 2.43. The van der Waals surface area contributed by atoms with E-state index < -0.39 is 5.60 Å². The third kappa shape index (κ3) is 3.43. The Morgan fingerprint density at radius 1 is 1.03 bits per heavy atom. The van der Waals surface area contributed by atoms with Crippen molar-refractivity contribution in [2.45, 2.75) is 31.8 Å². The molecule has 0 amide bonds. The number of benzene rings is 2. The maximum Gasteiger partial charge on any atom is 0.170 e. The first kappa shape index (κ1) is 19.1. The van der Waals surface area contributed by atoms with Crippen molar-refractivity contribution >= 4 is 23.2 Å². The fraction of sp³-hybridized carbons (Fsp3) is 0.292. The molecule has 0 saturated carbocycles. The summed E-state index contributed by atoms with van der Waals surface area (Å²) in [5, 5.41) is 9.42. The monoisotopic (exact) mass is 419 g/mol. The summed E-state index contributed by atoms with van der Waals surface area (Å²) in [6.07, 6.45) is 1.93. The molecular weight excluding hydrogens is 398 g/mol. The summed E-state index contributed by atoms with van der Waals surface area (Å²) in [6, 6.07) is 17.6. The molecule has 2 aromatic carbocycles. The Balaban J connectivity index is 1.31. The highest BCUT2D eigenvalue weighted by atomic mass is 35.5. The van der Waals surface area contributed by atoms with Gasteiger partial charge in [-0.2, -0.15) is 0 Å². The van der Waals surface area contributed by atoms with Crippen LogP contribution in [0.25, 0.3) is 11.3 Å². The number of rotatable bonds is 2. The minimum atomic E-state index is -0.448. The van der Waals surface area contributed by atoms with E-state index in [4.69, 9.17) is 16.3 Å². The molecule has 1 saturated heterocycles. The number of Topliss-reactive ketones (excluding diaryl/α,β-unsaturated/α-hetero) is 1. The van der Waals surface area contributed by atoms with Crippen LogP contribution in [-0.4, -0.2) is 34.7 Å². The fourth-order valence-electron chi connectivity index (χ4n) is 4.39. The Morgan fingerprint density at radius 2 is 1.80 bits per heavy atom. The van der Waals surface area contributed by atoms with E-state index in [2.05, 4.69) is 15.1 Å². The van der Waals surface area contributed by atoms with Crippen LogP contribution < -0.4 is 9.64 Å². The summed E-state index contributed by atoms with van der Waals surface area (Å²) in [4.78, 5) is 15.0. The third-order valence-corrected chi connectivity index (χ3v) is 6.28. The predicted octanol–water partition coefficient (Wildman–Crippen LogP) is 5.11. The zero-order valence-corrected chi connectivity index (χ0v) is 17.5. The van der Waals surface area contributed by atoms with Gasteiger partial charge in [0.25, 0.3) is 0 Å². The van der Waals surface area contributed by atoms with E-state index in [0.717, 1.165) is 48.6 Å². The lowest BCUT2D eigenvalue weighted by Gasteiger charge is -2.44. The lowest BCUT2D eigenvalue weighted by molar-refractivity contribution is 0.0225. The van der Waals surface area contributed by atoms with Crippen LogP contribution in [0.5, 0.6) is 5.75 Å². The summed E-state index contributed by atoms with van der Waals surface area (Å²) in [7, 11) is 0. The van der Waals surface area contributed by atoms with Crippen molar-refractivity contribution < 1.29 is 9.53 Å². The van der Waals surface area contributed by atoms with Crippen molar-refractivity contribution in [1.29, 1.82) is 0 Å². The molecule has 2 aliphatic heterocycles. The van der Waals surface area contributed by atoms with Crippen LogP contribution in [0.1, 0.15) is 35.2 Å². The summed E-state index contributed by atoms with van der Waals surface area (Å²) >= 11 is 6.13. The number of aryl methyl sites for hydroxylation is 1. The topological polar surface area (TPSA) is 55.3 Å². The number of hydrogen-bond donors (Lipinski definition) is 0. The summed E-state index contributed by atoms with van der Waals surface area (Å²) in [5.41, 5.74) is 2.98. The second-order valence-corrected chi connectivity index (χ2v) is 8.55. The molecule has 0 radical (unpaired) electrons. The average molecular weight is 420 g/mol. The number of fused-ring (bicyclic) bond motifs is 1. The third-order valence-electron chi connectivity index (χ3n) is 6.06. The largest absolute Gasteiger partial charge is 0.486 e. The van der Waals surface area contributed by atoms with Gasteiger partial charge in [-0.3, -0.25) is 4.79 Å². The van der Waals surface area contributed by atoms with Gasteiger partial charge in [-0.15, -0.1) is 10.2 Å². The SMILES string of the molecule is Cc1cc(Cl)cc2c1OC1(CCN(c3ccc(-c4ccccc4)nn3)CC1)CC2=O. The molecule has 5 rings (SSSR count). The normalized spacial score (nSPS) is 17.5. The molecule has 1 aromatic heterocycles. The zero-order valence-electron chi connectivity index (χ0n) is 16.8. The molecule has 152 valence electrons. The molecule has 0 N–H and O–H groups in total. The van der Waals surface area contributed by atoms with Crippen LogP contribution in [0, 0.1) is 6.92 Å². The second kappa shape index (κ2) is 7.40. The van der Waals surface area contributed by atoms with Crippen molar-refractivity contribution in [3.05, 3.63) is 70.7 Å². The quantitative estimate of drug-likeness (QED) is 0.577. The highest BCUT2D eigenvalue weighted by molar-refractivity contribution is 6.31. The molecule has 0 atom stereocenters. The van der Waals surface area contributed by atoms with E-state index in [1.807, 2.05) is 55.5 Å². The van der Waals surface area contributed by atoms with Crippen LogP contribution in [0.4, 0.5) is 5.82 Å². The average Bonchev–Trinajstić information content (AvgIpc) is 2.76. The molecule has 0 bridgehead atoms. The Bertz CT molecular complexity index is 1090. The van der Waals surface area contributed by atoms with Gasteiger partial charge in [-0.1, -0.05) is 41.9 Å². The molecule has 6 heteroatoms. The molecular formula is C24H22ClN3O2. The summed E-state index contributed by atoms with van der Waals surface area (Å²) in [6.45, 7) is 3.49. The number of ether oxygens (including phenoxy) is 1. The number of piperidine rings is 1. The van der Waals surface area contributed by atoms with Gasteiger partial charge in [-0.05, 0) is 36.8 Å². The first-order chi connectivity index (χ1) is 14.5. The number of halogens is 1. The standard InChI is InChI=1S/C24H22ClN3O2/c1-16-13-18(25)14-19-21(29)15-24(30-23(16)19)9-11-28(12-10-24)22-8-7-20(26-27-22)17-5-3-2-4-6-17/h2-8,13-14H,9-12,15H2,1H3. The van der Waals surface area contributed by atoms with Gasteiger partial charge < -0.3 is 9.64 Å². The number of nitrogens with zero attached hydrogens (tertiary/aromatic N) is 3. The Kier molecular flexibility index (Phi) is 4.70. The van der Waals surface area contributed by atoms with E-state index >= 15 is 0 Å².